The average molecular weight is 426 g/mol. The molecule has 0 saturated heterocycles. The molecule has 0 amide bonds. The zero-order chi connectivity index (χ0) is 16.5. The van der Waals surface area contributed by atoms with E-state index in [4.69, 9.17) is 9.47 Å². The summed E-state index contributed by atoms with van der Waals surface area (Å²) in [6, 6.07) is 11.5. The van der Waals surface area contributed by atoms with Crippen LogP contribution in [-0.2, 0) is 4.74 Å². The molecular formula is C17H19IN2O3. The number of rotatable bonds is 8. The van der Waals surface area contributed by atoms with Crippen molar-refractivity contribution in [2.75, 3.05) is 25.1 Å². The SMILES string of the molecule is CCOC(=O)c1cnc(NCCCOc2ccccc2)c(I)c1. The van der Waals surface area contributed by atoms with Gasteiger partial charge in [0.25, 0.3) is 0 Å². The van der Waals surface area contributed by atoms with Crippen LogP contribution in [0.5, 0.6) is 5.75 Å². The summed E-state index contributed by atoms with van der Waals surface area (Å²) in [6.45, 7) is 3.52. The van der Waals surface area contributed by atoms with Crippen molar-refractivity contribution in [2.24, 2.45) is 0 Å². The van der Waals surface area contributed by atoms with Gasteiger partial charge >= 0.3 is 5.97 Å². The molecule has 6 heteroatoms. The van der Waals surface area contributed by atoms with Gasteiger partial charge in [-0.2, -0.15) is 0 Å². The maximum atomic E-state index is 11.6. The summed E-state index contributed by atoms with van der Waals surface area (Å²) in [6.07, 6.45) is 2.38. The van der Waals surface area contributed by atoms with Gasteiger partial charge in [0.05, 0.1) is 22.3 Å². The largest absolute Gasteiger partial charge is 0.494 e. The van der Waals surface area contributed by atoms with Crippen LogP contribution >= 0.6 is 22.6 Å². The number of hydrogen-bond donors (Lipinski definition) is 1. The van der Waals surface area contributed by atoms with Gasteiger partial charge in [-0.3, -0.25) is 0 Å². The van der Waals surface area contributed by atoms with E-state index in [9.17, 15) is 4.79 Å². The van der Waals surface area contributed by atoms with E-state index in [0.717, 1.165) is 28.1 Å². The number of pyridine rings is 1. The minimum absolute atomic E-state index is 0.347. The van der Waals surface area contributed by atoms with Gasteiger partial charge in [0, 0.05) is 12.7 Å². The maximum absolute atomic E-state index is 11.6. The number of ether oxygens (including phenoxy) is 2. The molecule has 5 nitrogen and oxygen atoms in total. The molecule has 2 rings (SSSR count). The fourth-order valence-electron chi connectivity index (χ4n) is 1.88. The highest BCUT2D eigenvalue weighted by molar-refractivity contribution is 14.1. The number of benzene rings is 1. The highest BCUT2D eigenvalue weighted by atomic mass is 127. The predicted octanol–water partition coefficient (Wildman–Crippen LogP) is 3.74. The van der Waals surface area contributed by atoms with Crippen LogP contribution in [0.25, 0.3) is 0 Å². The summed E-state index contributed by atoms with van der Waals surface area (Å²) in [7, 11) is 0. The summed E-state index contributed by atoms with van der Waals surface area (Å²) in [5.41, 5.74) is 0.467. The van der Waals surface area contributed by atoms with Crippen molar-refractivity contribution in [2.45, 2.75) is 13.3 Å². The minimum atomic E-state index is -0.347. The highest BCUT2D eigenvalue weighted by Gasteiger charge is 2.10. The lowest BCUT2D eigenvalue weighted by Gasteiger charge is -2.10. The second kappa shape index (κ2) is 9.34. The number of para-hydroxylation sites is 1. The van der Waals surface area contributed by atoms with Crippen LogP contribution in [0.1, 0.15) is 23.7 Å². The molecule has 0 bridgehead atoms. The molecule has 0 saturated carbocycles. The minimum Gasteiger partial charge on any atom is -0.494 e. The van der Waals surface area contributed by atoms with E-state index in [1.54, 1.807) is 13.0 Å². The first-order valence-corrected chi connectivity index (χ1v) is 8.53. The number of hydrogen-bond acceptors (Lipinski definition) is 5. The normalized spacial score (nSPS) is 10.2. The second-order valence-electron chi connectivity index (χ2n) is 4.72. The van der Waals surface area contributed by atoms with Gasteiger partial charge in [-0.25, -0.2) is 9.78 Å². The van der Waals surface area contributed by atoms with E-state index >= 15 is 0 Å². The van der Waals surface area contributed by atoms with E-state index < -0.39 is 0 Å². The summed E-state index contributed by atoms with van der Waals surface area (Å²) in [4.78, 5) is 15.9. The molecule has 0 aliphatic rings. The van der Waals surface area contributed by atoms with Gasteiger partial charge < -0.3 is 14.8 Å². The smallest absolute Gasteiger partial charge is 0.339 e. The summed E-state index contributed by atoms with van der Waals surface area (Å²) in [5, 5.41) is 3.25. The molecule has 0 spiro atoms. The number of nitrogens with zero attached hydrogens (tertiary/aromatic N) is 1. The molecule has 23 heavy (non-hydrogen) atoms. The van der Waals surface area contributed by atoms with Crippen molar-refractivity contribution < 1.29 is 14.3 Å². The lowest BCUT2D eigenvalue weighted by atomic mass is 10.3. The lowest BCUT2D eigenvalue weighted by Crippen LogP contribution is -2.11. The van der Waals surface area contributed by atoms with Gasteiger partial charge in [0.1, 0.15) is 11.6 Å². The molecule has 0 radical (unpaired) electrons. The molecule has 122 valence electrons. The van der Waals surface area contributed by atoms with Gasteiger partial charge in [-0.05, 0) is 54.1 Å². The van der Waals surface area contributed by atoms with Crippen LogP contribution in [0.3, 0.4) is 0 Å². The summed E-state index contributed by atoms with van der Waals surface area (Å²) >= 11 is 2.15. The van der Waals surface area contributed by atoms with Gasteiger partial charge in [0.2, 0.25) is 0 Å². The Morgan fingerprint density at radius 2 is 2.09 bits per heavy atom. The Hall–Kier alpha value is -1.83. The molecule has 0 atom stereocenters. The summed E-state index contributed by atoms with van der Waals surface area (Å²) < 4.78 is 11.5. The third-order valence-corrected chi connectivity index (χ3v) is 3.80. The van der Waals surface area contributed by atoms with Crippen molar-refractivity contribution >= 4 is 34.4 Å². The lowest BCUT2D eigenvalue weighted by molar-refractivity contribution is 0.0526. The number of esters is 1. The first kappa shape index (κ1) is 17.5. The van der Waals surface area contributed by atoms with Crippen LogP contribution < -0.4 is 10.1 Å². The molecule has 0 aliphatic heterocycles. The topological polar surface area (TPSA) is 60.5 Å². The third-order valence-electron chi connectivity index (χ3n) is 2.98. The van der Waals surface area contributed by atoms with E-state index in [2.05, 4.69) is 32.9 Å². The first-order valence-electron chi connectivity index (χ1n) is 7.45. The maximum Gasteiger partial charge on any atom is 0.339 e. The van der Waals surface area contributed by atoms with Crippen molar-refractivity contribution in [3.63, 3.8) is 0 Å². The number of anilines is 1. The van der Waals surface area contributed by atoms with Crippen LogP contribution in [0.15, 0.2) is 42.6 Å². The number of halogens is 1. The fraction of sp³-hybridized carbons (Fsp3) is 0.294. The monoisotopic (exact) mass is 426 g/mol. The zero-order valence-electron chi connectivity index (χ0n) is 12.9. The quantitative estimate of drug-likeness (QED) is 0.396. The van der Waals surface area contributed by atoms with E-state index in [-0.39, 0.29) is 5.97 Å². The van der Waals surface area contributed by atoms with Crippen LogP contribution in [0.4, 0.5) is 5.82 Å². The van der Waals surface area contributed by atoms with E-state index in [0.29, 0.717) is 18.8 Å². The van der Waals surface area contributed by atoms with Crippen LogP contribution in [-0.4, -0.2) is 30.7 Å². The zero-order valence-corrected chi connectivity index (χ0v) is 15.1. The van der Waals surface area contributed by atoms with Crippen LogP contribution in [0, 0.1) is 3.57 Å². The Labute approximate surface area is 149 Å². The van der Waals surface area contributed by atoms with E-state index in [1.807, 2.05) is 30.3 Å². The van der Waals surface area contributed by atoms with Crippen molar-refractivity contribution in [3.05, 3.63) is 51.7 Å². The summed E-state index contributed by atoms with van der Waals surface area (Å²) in [5.74, 6) is 1.29. The molecular weight excluding hydrogens is 407 g/mol. The molecule has 0 fully saturated rings. The molecule has 0 unspecified atom stereocenters. The number of carbonyl (C=O) groups excluding carboxylic acids is 1. The van der Waals surface area contributed by atoms with E-state index in [1.165, 1.54) is 6.20 Å². The van der Waals surface area contributed by atoms with Crippen LogP contribution in [0.2, 0.25) is 0 Å². The number of carbonyl (C=O) groups is 1. The molecule has 1 aromatic carbocycles. The molecule has 0 aliphatic carbocycles. The predicted molar refractivity (Wildman–Crippen MR) is 98.0 cm³/mol. The average Bonchev–Trinajstić information content (AvgIpc) is 2.57. The number of nitrogens with one attached hydrogen (secondary N) is 1. The van der Waals surface area contributed by atoms with Crippen molar-refractivity contribution in [1.82, 2.24) is 4.98 Å². The Morgan fingerprint density at radius 1 is 1.30 bits per heavy atom. The third kappa shape index (κ3) is 5.70. The molecule has 2 aromatic rings. The fourth-order valence-corrected chi connectivity index (χ4v) is 2.55. The van der Waals surface area contributed by atoms with Gasteiger partial charge in [-0.1, -0.05) is 18.2 Å². The highest BCUT2D eigenvalue weighted by Crippen LogP contribution is 2.17. The van der Waals surface area contributed by atoms with Gasteiger partial charge in [-0.15, -0.1) is 0 Å². The number of aromatic nitrogens is 1. The molecule has 1 N–H and O–H groups in total. The Kier molecular flexibility index (Phi) is 7.12. The molecule has 1 heterocycles. The molecule has 1 aromatic heterocycles. The Morgan fingerprint density at radius 3 is 2.78 bits per heavy atom. The Bertz CT molecular complexity index is 635. The van der Waals surface area contributed by atoms with Crippen molar-refractivity contribution in [1.29, 1.82) is 0 Å². The standard InChI is InChI=1S/C17H19IN2O3/c1-2-22-17(21)13-11-15(18)16(20-12-13)19-9-6-10-23-14-7-4-3-5-8-14/h3-5,7-8,11-12H,2,6,9-10H2,1H3,(H,19,20). The van der Waals surface area contributed by atoms with Gasteiger partial charge in [0.15, 0.2) is 0 Å². The second-order valence-corrected chi connectivity index (χ2v) is 5.88. The Balaban J connectivity index is 1.76. The van der Waals surface area contributed by atoms with Crippen molar-refractivity contribution in [3.8, 4) is 5.75 Å². The first-order chi connectivity index (χ1) is 11.2.